The van der Waals surface area contributed by atoms with Crippen molar-refractivity contribution in [3.8, 4) is 0 Å². The Bertz CT molecular complexity index is 614. The summed E-state index contributed by atoms with van der Waals surface area (Å²) in [6.07, 6.45) is 6.06. The van der Waals surface area contributed by atoms with Crippen LogP contribution < -0.4 is 0 Å². The number of carbonyl (C=O) groups excluding carboxylic acids is 2. The van der Waals surface area contributed by atoms with Gasteiger partial charge in [-0.3, -0.25) is 9.59 Å². The zero-order chi connectivity index (χ0) is 15.8. The highest BCUT2D eigenvalue weighted by atomic mass is 16.5. The number of amidine groups is 1. The predicted molar refractivity (Wildman–Crippen MR) is 78.1 cm³/mol. The van der Waals surface area contributed by atoms with Crippen LogP contribution in [0.3, 0.4) is 0 Å². The minimum Gasteiger partial charge on any atom is -0.491 e. The number of fused-ring (bicyclic) bond motifs is 1. The molecule has 0 aromatic carbocycles. The molecule has 2 amide bonds. The summed E-state index contributed by atoms with van der Waals surface area (Å²) in [5, 5.41) is 1.19. The highest BCUT2D eigenvalue weighted by Gasteiger charge is 2.54. The van der Waals surface area contributed by atoms with Crippen molar-refractivity contribution in [3.63, 3.8) is 0 Å². The van der Waals surface area contributed by atoms with Gasteiger partial charge in [-0.2, -0.15) is 4.99 Å². The molecule has 2 heterocycles. The SMILES string of the molecule is CCC1=C2C(OC)=CC=C[N+]2(N(C(C)=O)C(C)=O)C(C)=N1. The molecule has 0 fully saturated rings. The van der Waals surface area contributed by atoms with Gasteiger partial charge in [0, 0.05) is 20.8 Å². The Balaban J connectivity index is 2.75. The number of aliphatic imine (C=N–C) groups is 1. The first-order valence-corrected chi connectivity index (χ1v) is 6.84. The molecule has 6 nitrogen and oxygen atoms in total. The number of nitrogens with zero attached hydrogens (tertiary/aromatic N) is 3. The van der Waals surface area contributed by atoms with E-state index in [0.29, 0.717) is 18.0 Å². The van der Waals surface area contributed by atoms with Gasteiger partial charge in [-0.15, -0.1) is 9.60 Å². The fourth-order valence-corrected chi connectivity index (χ4v) is 2.90. The molecule has 0 aliphatic carbocycles. The number of ether oxygens (including phenoxy) is 1. The van der Waals surface area contributed by atoms with Gasteiger partial charge >= 0.3 is 0 Å². The number of imide groups is 1. The van der Waals surface area contributed by atoms with Gasteiger partial charge in [0.25, 0.3) is 11.8 Å². The second-order valence-corrected chi connectivity index (χ2v) is 4.92. The van der Waals surface area contributed by atoms with Gasteiger partial charge in [-0.05, 0) is 18.6 Å². The third kappa shape index (κ3) is 2.03. The van der Waals surface area contributed by atoms with Crippen LogP contribution in [0, 0.1) is 0 Å². The van der Waals surface area contributed by atoms with Crippen molar-refractivity contribution in [3.05, 3.63) is 35.5 Å². The van der Waals surface area contributed by atoms with Crippen LogP contribution in [0.25, 0.3) is 0 Å². The van der Waals surface area contributed by atoms with Gasteiger partial charge in [-0.25, -0.2) is 0 Å². The third-order valence-electron chi connectivity index (χ3n) is 3.65. The quantitative estimate of drug-likeness (QED) is 0.749. The molecule has 0 aromatic heterocycles. The first kappa shape index (κ1) is 15.2. The number of allylic oxidation sites excluding steroid dienone is 3. The summed E-state index contributed by atoms with van der Waals surface area (Å²) in [5.41, 5.74) is 1.54. The van der Waals surface area contributed by atoms with Crippen molar-refractivity contribution in [1.29, 1.82) is 0 Å². The lowest BCUT2D eigenvalue weighted by Crippen LogP contribution is -2.61. The van der Waals surface area contributed by atoms with Gasteiger partial charge in [0.15, 0.2) is 5.76 Å². The minimum absolute atomic E-state index is 0.131. The first-order valence-electron chi connectivity index (χ1n) is 6.84. The summed E-state index contributed by atoms with van der Waals surface area (Å²) in [6.45, 7) is 6.55. The molecule has 0 N–H and O–H groups in total. The van der Waals surface area contributed by atoms with E-state index in [2.05, 4.69) is 4.99 Å². The molecular weight excluding hydrogens is 270 g/mol. The van der Waals surface area contributed by atoms with E-state index in [1.807, 2.05) is 19.9 Å². The van der Waals surface area contributed by atoms with Gasteiger partial charge in [0.2, 0.25) is 11.5 Å². The molecule has 0 radical (unpaired) electrons. The Kier molecular flexibility index (Phi) is 3.82. The fourth-order valence-electron chi connectivity index (χ4n) is 2.90. The topological polar surface area (TPSA) is 59.0 Å². The third-order valence-corrected chi connectivity index (χ3v) is 3.65. The fraction of sp³-hybridized carbons (Fsp3) is 0.400. The van der Waals surface area contributed by atoms with Crippen molar-refractivity contribution >= 4 is 17.6 Å². The van der Waals surface area contributed by atoms with Crippen molar-refractivity contribution in [2.45, 2.75) is 34.1 Å². The van der Waals surface area contributed by atoms with Crippen LogP contribution in [0.1, 0.15) is 34.1 Å². The summed E-state index contributed by atoms with van der Waals surface area (Å²) >= 11 is 0. The van der Waals surface area contributed by atoms with Crippen LogP contribution in [-0.2, 0) is 14.3 Å². The largest absolute Gasteiger partial charge is 0.491 e. The van der Waals surface area contributed by atoms with E-state index in [1.165, 1.54) is 18.9 Å². The number of hydrogen-bond acceptors (Lipinski definition) is 4. The molecule has 21 heavy (non-hydrogen) atoms. The molecule has 0 bridgehead atoms. The molecular formula is C15H20N3O3+. The summed E-state index contributed by atoms with van der Waals surface area (Å²) in [7, 11) is 1.57. The van der Waals surface area contributed by atoms with Crippen LogP contribution in [0.4, 0.5) is 0 Å². The number of quaternary nitrogens is 1. The number of methoxy groups -OCH3 is 1. The number of rotatable bonds is 3. The smallest absolute Gasteiger partial charge is 0.274 e. The van der Waals surface area contributed by atoms with Gasteiger partial charge in [0.05, 0.1) is 7.11 Å². The van der Waals surface area contributed by atoms with Gasteiger partial charge in [-0.1, -0.05) is 6.92 Å². The Hall–Kier alpha value is -2.21. The molecule has 1 atom stereocenters. The van der Waals surface area contributed by atoms with Crippen molar-refractivity contribution < 1.29 is 18.9 Å². The maximum absolute atomic E-state index is 12.1. The molecule has 6 heteroatoms. The van der Waals surface area contributed by atoms with Crippen LogP contribution in [0.15, 0.2) is 40.5 Å². The predicted octanol–water partition coefficient (Wildman–Crippen LogP) is 2.22. The molecule has 1 unspecified atom stereocenters. The number of carbonyl (C=O) groups is 2. The standard InChI is InChI=1S/C15H20N3O3/c1-6-13-15-14(21-5)8-7-9-18(15,10(2)16-13)17(11(3)19)12(4)20/h7-9H,6H2,1-5H3/q+1. The lowest BCUT2D eigenvalue weighted by molar-refractivity contribution is -0.848. The molecule has 2 rings (SSSR count). The van der Waals surface area contributed by atoms with Crippen molar-refractivity contribution in [2.24, 2.45) is 4.99 Å². The molecule has 0 aromatic rings. The van der Waals surface area contributed by atoms with E-state index < -0.39 is 0 Å². The van der Waals surface area contributed by atoms with E-state index in [0.717, 1.165) is 11.4 Å². The zero-order valence-electron chi connectivity index (χ0n) is 13.0. The second kappa shape index (κ2) is 5.29. The molecule has 112 valence electrons. The van der Waals surface area contributed by atoms with Crippen molar-refractivity contribution in [1.82, 2.24) is 5.01 Å². The highest BCUT2D eigenvalue weighted by Crippen LogP contribution is 2.41. The Morgan fingerprint density at radius 3 is 2.43 bits per heavy atom. The summed E-state index contributed by atoms with van der Waals surface area (Å²) in [4.78, 5) is 28.7. The van der Waals surface area contributed by atoms with Crippen LogP contribution in [0.5, 0.6) is 0 Å². The molecule has 2 aliphatic rings. The zero-order valence-corrected chi connectivity index (χ0v) is 13.0. The number of hydrogen-bond donors (Lipinski definition) is 0. The Morgan fingerprint density at radius 2 is 1.95 bits per heavy atom. The first-order chi connectivity index (χ1) is 9.90. The van der Waals surface area contributed by atoms with Crippen LogP contribution in [-0.4, -0.2) is 34.4 Å². The van der Waals surface area contributed by atoms with Gasteiger partial charge < -0.3 is 4.74 Å². The summed E-state index contributed by atoms with van der Waals surface area (Å²) < 4.78 is 5.30. The van der Waals surface area contributed by atoms with Crippen LogP contribution in [0.2, 0.25) is 0 Å². The average Bonchev–Trinajstić information content (AvgIpc) is 2.71. The summed E-state index contributed by atoms with van der Waals surface area (Å²) in [5.74, 6) is 0.580. The van der Waals surface area contributed by atoms with Crippen molar-refractivity contribution in [2.75, 3.05) is 7.11 Å². The normalized spacial score (nSPS) is 23.5. The average molecular weight is 290 g/mol. The molecule has 2 aliphatic heterocycles. The van der Waals surface area contributed by atoms with E-state index in [-0.39, 0.29) is 16.4 Å². The van der Waals surface area contributed by atoms with E-state index in [9.17, 15) is 9.59 Å². The lowest BCUT2D eigenvalue weighted by Gasteiger charge is -2.39. The Morgan fingerprint density at radius 1 is 1.33 bits per heavy atom. The molecule has 0 saturated heterocycles. The maximum atomic E-state index is 12.1. The maximum Gasteiger partial charge on any atom is 0.274 e. The van der Waals surface area contributed by atoms with Crippen LogP contribution >= 0.6 is 0 Å². The monoisotopic (exact) mass is 290 g/mol. The molecule has 0 spiro atoms. The lowest BCUT2D eigenvalue weighted by atomic mass is 10.1. The Labute approximate surface area is 124 Å². The summed E-state index contributed by atoms with van der Waals surface area (Å²) in [6, 6.07) is 0. The van der Waals surface area contributed by atoms with E-state index in [4.69, 9.17) is 4.74 Å². The van der Waals surface area contributed by atoms with E-state index in [1.54, 1.807) is 19.4 Å². The molecule has 0 saturated carbocycles. The van der Waals surface area contributed by atoms with Gasteiger partial charge in [0.1, 0.15) is 11.9 Å². The van der Waals surface area contributed by atoms with E-state index >= 15 is 0 Å². The minimum atomic E-state index is -0.339. The second-order valence-electron chi connectivity index (χ2n) is 4.92. The number of amides is 2. The highest BCUT2D eigenvalue weighted by molar-refractivity contribution is 5.94.